The lowest BCUT2D eigenvalue weighted by Crippen LogP contribution is -2.16. The molecule has 0 fully saturated rings. The Balaban J connectivity index is 2.11. The minimum atomic E-state index is -3.64. The number of anilines is 2. The molecule has 0 bridgehead atoms. The van der Waals surface area contributed by atoms with Gasteiger partial charge in [0.15, 0.2) is 5.82 Å². The van der Waals surface area contributed by atoms with Crippen LogP contribution in [0.4, 0.5) is 11.6 Å². The van der Waals surface area contributed by atoms with E-state index in [0.29, 0.717) is 5.82 Å². The normalized spacial score (nSPS) is 12.7. The fourth-order valence-corrected chi connectivity index (χ4v) is 2.73. The molecule has 2 aromatic rings. The molecule has 2 N–H and O–H groups in total. The minimum absolute atomic E-state index is 0.190. The fraction of sp³-hybridized carbons (Fsp3) is 0.333. The Bertz CT molecular complexity index is 712. The summed E-state index contributed by atoms with van der Waals surface area (Å²) in [5.41, 5.74) is 0.999. The Kier molecular flexibility index (Phi) is 4.97. The molecule has 1 unspecified atom stereocenters. The van der Waals surface area contributed by atoms with Crippen LogP contribution in [0.15, 0.2) is 41.3 Å². The number of hydrogen-bond donors (Lipinski definition) is 2. The van der Waals surface area contributed by atoms with Crippen molar-refractivity contribution < 1.29 is 8.42 Å². The number of rotatable bonds is 6. The van der Waals surface area contributed by atoms with Crippen molar-refractivity contribution >= 4 is 21.7 Å². The quantitative estimate of drug-likeness (QED) is 0.855. The number of benzene rings is 1. The van der Waals surface area contributed by atoms with Crippen LogP contribution in [-0.4, -0.2) is 24.7 Å². The Morgan fingerprint density at radius 3 is 2.18 bits per heavy atom. The second kappa shape index (κ2) is 6.74. The van der Waals surface area contributed by atoms with E-state index in [1.807, 2.05) is 13.8 Å². The summed E-state index contributed by atoms with van der Waals surface area (Å²) in [6.07, 6.45) is 0.962. The van der Waals surface area contributed by atoms with Gasteiger partial charge < -0.3 is 5.32 Å². The summed E-state index contributed by atoms with van der Waals surface area (Å²) < 4.78 is 26.9. The molecule has 0 aliphatic rings. The third-order valence-electron chi connectivity index (χ3n) is 3.24. The SMILES string of the molecule is CCC(C)Nc1ccc(NS(=O)(=O)c2ccc(C)cc2)nn1. The zero-order valence-electron chi connectivity index (χ0n) is 12.9. The van der Waals surface area contributed by atoms with Gasteiger partial charge in [-0.3, -0.25) is 4.72 Å². The van der Waals surface area contributed by atoms with Gasteiger partial charge in [-0.05, 0) is 44.5 Å². The maximum atomic E-state index is 12.2. The van der Waals surface area contributed by atoms with Gasteiger partial charge in [0.1, 0.15) is 5.82 Å². The number of aromatic nitrogens is 2. The summed E-state index contributed by atoms with van der Waals surface area (Å²) >= 11 is 0. The summed E-state index contributed by atoms with van der Waals surface area (Å²) in [7, 11) is -3.64. The van der Waals surface area contributed by atoms with Gasteiger partial charge in [0.2, 0.25) is 0 Å². The second-order valence-corrected chi connectivity index (χ2v) is 6.86. The van der Waals surface area contributed by atoms with Gasteiger partial charge in [0, 0.05) is 6.04 Å². The Labute approximate surface area is 131 Å². The van der Waals surface area contributed by atoms with Crippen LogP contribution >= 0.6 is 0 Å². The van der Waals surface area contributed by atoms with Crippen LogP contribution in [0.25, 0.3) is 0 Å². The maximum absolute atomic E-state index is 12.2. The molecule has 0 amide bonds. The molecule has 118 valence electrons. The van der Waals surface area contributed by atoms with E-state index in [1.54, 1.807) is 36.4 Å². The van der Waals surface area contributed by atoms with E-state index in [2.05, 4.69) is 27.2 Å². The fourth-order valence-electron chi connectivity index (χ4n) is 1.73. The minimum Gasteiger partial charge on any atom is -0.366 e. The second-order valence-electron chi connectivity index (χ2n) is 5.18. The maximum Gasteiger partial charge on any atom is 0.263 e. The number of nitrogens with zero attached hydrogens (tertiary/aromatic N) is 2. The lowest BCUT2D eigenvalue weighted by molar-refractivity contribution is 0.601. The van der Waals surface area contributed by atoms with Crippen LogP contribution in [0.2, 0.25) is 0 Å². The highest BCUT2D eigenvalue weighted by molar-refractivity contribution is 7.92. The summed E-state index contributed by atoms with van der Waals surface area (Å²) in [5, 5.41) is 11.0. The Morgan fingerprint density at radius 1 is 1.05 bits per heavy atom. The van der Waals surface area contributed by atoms with Crippen LogP contribution in [0.3, 0.4) is 0 Å². The van der Waals surface area contributed by atoms with Crippen molar-refractivity contribution in [3.8, 4) is 0 Å². The first-order valence-corrected chi connectivity index (χ1v) is 8.59. The highest BCUT2D eigenvalue weighted by Crippen LogP contribution is 2.15. The van der Waals surface area contributed by atoms with Gasteiger partial charge in [-0.25, -0.2) is 8.42 Å². The molecule has 6 nitrogen and oxygen atoms in total. The van der Waals surface area contributed by atoms with Gasteiger partial charge in [0.25, 0.3) is 10.0 Å². The van der Waals surface area contributed by atoms with Crippen LogP contribution < -0.4 is 10.0 Å². The highest BCUT2D eigenvalue weighted by Gasteiger charge is 2.14. The van der Waals surface area contributed by atoms with Gasteiger partial charge >= 0.3 is 0 Å². The Hall–Kier alpha value is -2.15. The van der Waals surface area contributed by atoms with Crippen molar-refractivity contribution in [1.82, 2.24) is 10.2 Å². The van der Waals surface area contributed by atoms with Crippen molar-refractivity contribution in [3.05, 3.63) is 42.0 Å². The molecule has 0 spiro atoms. The lowest BCUT2D eigenvalue weighted by atomic mass is 10.2. The molecule has 0 saturated carbocycles. The monoisotopic (exact) mass is 320 g/mol. The highest BCUT2D eigenvalue weighted by atomic mass is 32.2. The molecule has 1 atom stereocenters. The largest absolute Gasteiger partial charge is 0.366 e. The van der Waals surface area contributed by atoms with Crippen LogP contribution in [0.5, 0.6) is 0 Å². The molecule has 0 radical (unpaired) electrons. The van der Waals surface area contributed by atoms with Gasteiger partial charge in [-0.1, -0.05) is 24.6 Å². The summed E-state index contributed by atoms with van der Waals surface area (Å²) in [6.45, 7) is 6.00. The molecule has 1 aromatic carbocycles. The van der Waals surface area contributed by atoms with E-state index < -0.39 is 10.0 Å². The van der Waals surface area contributed by atoms with E-state index >= 15 is 0 Å². The average Bonchev–Trinajstić information content (AvgIpc) is 2.49. The molecule has 0 saturated heterocycles. The first-order valence-electron chi connectivity index (χ1n) is 7.10. The molecule has 0 aliphatic heterocycles. The smallest absolute Gasteiger partial charge is 0.263 e. The summed E-state index contributed by atoms with van der Waals surface area (Å²) in [5.74, 6) is 0.808. The third kappa shape index (κ3) is 4.17. The molecule has 7 heteroatoms. The molecule has 22 heavy (non-hydrogen) atoms. The first kappa shape index (κ1) is 16.2. The van der Waals surface area contributed by atoms with Gasteiger partial charge in [0.05, 0.1) is 4.90 Å². The van der Waals surface area contributed by atoms with Crippen LogP contribution in [0.1, 0.15) is 25.8 Å². The molecule has 2 rings (SSSR count). The molecule has 1 aromatic heterocycles. The Morgan fingerprint density at radius 2 is 1.64 bits per heavy atom. The molecular formula is C15H20N4O2S. The van der Waals surface area contributed by atoms with E-state index in [0.717, 1.165) is 12.0 Å². The number of aryl methyl sites for hydroxylation is 1. The van der Waals surface area contributed by atoms with Crippen LogP contribution in [-0.2, 0) is 10.0 Å². The van der Waals surface area contributed by atoms with Gasteiger partial charge in [-0.2, -0.15) is 0 Å². The predicted octanol–water partition coefficient (Wildman–Crippen LogP) is 2.80. The summed E-state index contributed by atoms with van der Waals surface area (Å²) in [4.78, 5) is 0.196. The number of hydrogen-bond acceptors (Lipinski definition) is 5. The van der Waals surface area contributed by atoms with E-state index in [-0.39, 0.29) is 16.8 Å². The lowest BCUT2D eigenvalue weighted by Gasteiger charge is -2.12. The predicted molar refractivity (Wildman–Crippen MR) is 87.4 cm³/mol. The van der Waals surface area contributed by atoms with E-state index in [4.69, 9.17) is 0 Å². The van der Waals surface area contributed by atoms with E-state index in [9.17, 15) is 8.42 Å². The topological polar surface area (TPSA) is 84.0 Å². The van der Waals surface area contributed by atoms with Crippen molar-refractivity contribution in [2.24, 2.45) is 0 Å². The average molecular weight is 320 g/mol. The third-order valence-corrected chi connectivity index (χ3v) is 4.61. The van der Waals surface area contributed by atoms with Crippen molar-refractivity contribution in [1.29, 1.82) is 0 Å². The van der Waals surface area contributed by atoms with Crippen LogP contribution in [0, 0.1) is 6.92 Å². The zero-order valence-corrected chi connectivity index (χ0v) is 13.7. The number of sulfonamides is 1. The zero-order chi connectivity index (χ0) is 16.2. The van der Waals surface area contributed by atoms with Crippen molar-refractivity contribution in [2.45, 2.75) is 38.1 Å². The number of nitrogens with one attached hydrogen (secondary N) is 2. The summed E-state index contributed by atoms with van der Waals surface area (Å²) in [6, 6.07) is 10.2. The van der Waals surface area contributed by atoms with Gasteiger partial charge in [-0.15, -0.1) is 10.2 Å². The molecule has 0 aliphatic carbocycles. The first-order chi connectivity index (χ1) is 10.4. The molecule has 1 heterocycles. The van der Waals surface area contributed by atoms with Crippen molar-refractivity contribution in [2.75, 3.05) is 10.0 Å². The molecular weight excluding hydrogens is 300 g/mol. The standard InChI is InChI=1S/C15H20N4O2S/c1-4-12(3)16-14-9-10-15(18-17-14)19-22(20,21)13-7-5-11(2)6-8-13/h5-10,12H,4H2,1-3H3,(H,16,17)(H,18,19). The van der Waals surface area contributed by atoms with Crippen molar-refractivity contribution in [3.63, 3.8) is 0 Å². The van der Waals surface area contributed by atoms with E-state index in [1.165, 1.54) is 0 Å².